The average molecular weight is 529 g/mol. The van der Waals surface area contributed by atoms with Gasteiger partial charge in [-0.25, -0.2) is 9.07 Å². The first-order valence-corrected chi connectivity index (χ1v) is 13.4. The lowest BCUT2D eigenvalue weighted by molar-refractivity contribution is -0.122. The second-order valence-corrected chi connectivity index (χ2v) is 11.3. The normalized spacial score (nSPS) is 16.0. The van der Waals surface area contributed by atoms with Gasteiger partial charge in [-0.2, -0.15) is 5.10 Å². The molecule has 0 aliphatic carbocycles. The van der Waals surface area contributed by atoms with Crippen LogP contribution < -0.4 is 10.2 Å². The molecule has 2 aromatic carbocycles. The summed E-state index contributed by atoms with van der Waals surface area (Å²) < 4.78 is 16.0. The van der Waals surface area contributed by atoms with E-state index in [0.717, 1.165) is 23.2 Å². The van der Waals surface area contributed by atoms with Crippen molar-refractivity contribution in [3.05, 3.63) is 76.2 Å². The van der Waals surface area contributed by atoms with E-state index in [-0.39, 0.29) is 35.2 Å². The lowest BCUT2D eigenvalue weighted by Gasteiger charge is -2.24. The molecule has 190 valence electrons. The number of carbonyl (C=O) groups excluding carboxylic acids is 2. The highest BCUT2D eigenvalue weighted by atomic mass is 35.5. The number of thioether (sulfide) groups is 1. The molecule has 1 aliphatic rings. The van der Waals surface area contributed by atoms with Crippen LogP contribution in [0.1, 0.15) is 56.2 Å². The molecule has 9 heteroatoms. The third kappa shape index (κ3) is 5.30. The number of carbonyl (C=O) groups is 2. The fraction of sp³-hybridized carbons (Fsp3) is 0.370. The molecule has 3 aromatic rings. The highest BCUT2D eigenvalue weighted by Crippen LogP contribution is 2.48. The maximum absolute atomic E-state index is 14.3. The number of fused-ring (bicyclic) bond motifs is 1. The first-order chi connectivity index (χ1) is 17.1. The van der Waals surface area contributed by atoms with E-state index >= 15 is 0 Å². The largest absolute Gasteiger partial charge is 0.355 e. The van der Waals surface area contributed by atoms with Gasteiger partial charge in [0.1, 0.15) is 18.2 Å². The van der Waals surface area contributed by atoms with Crippen molar-refractivity contribution in [2.75, 3.05) is 23.7 Å². The number of hydrogen-bond donors (Lipinski definition) is 1. The highest BCUT2D eigenvalue weighted by molar-refractivity contribution is 8.00. The lowest BCUT2D eigenvalue weighted by Crippen LogP contribution is -2.42. The molecule has 0 radical (unpaired) electrons. The molecule has 2 amide bonds. The van der Waals surface area contributed by atoms with Gasteiger partial charge in [0.05, 0.1) is 27.4 Å². The van der Waals surface area contributed by atoms with Crippen molar-refractivity contribution < 1.29 is 14.0 Å². The Hall–Kier alpha value is -2.84. The van der Waals surface area contributed by atoms with Gasteiger partial charge >= 0.3 is 0 Å². The Kier molecular flexibility index (Phi) is 7.76. The van der Waals surface area contributed by atoms with Crippen molar-refractivity contribution in [3.63, 3.8) is 0 Å². The molecule has 0 bridgehead atoms. The van der Waals surface area contributed by atoms with Gasteiger partial charge in [-0.3, -0.25) is 14.5 Å². The summed E-state index contributed by atoms with van der Waals surface area (Å²) in [5.74, 6) is -0.209. The Labute approximate surface area is 220 Å². The van der Waals surface area contributed by atoms with Crippen LogP contribution in [0.3, 0.4) is 0 Å². The highest BCUT2D eigenvalue weighted by Gasteiger charge is 2.40. The maximum Gasteiger partial charge on any atom is 0.240 e. The number of aromatic nitrogens is 2. The van der Waals surface area contributed by atoms with Crippen LogP contribution >= 0.6 is 23.4 Å². The van der Waals surface area contributed by atoms with Crippen LogP contribution in [-0.2, 0) is 15.0 Å². The van der Waals surface area contributed by atoms with E-state index in [1.807, 2.05) is 52.0 Å². The SMILES string of the molecule is CCCNC(=O)CN1C(=O)CS[C@@H](c2cccc(F)c2)c2c(C(C)(C)C)nn(-c3ccccc3Cl)c21. The lowest BCUT2D eigenvalue weighted by atomic mass is 9.87. The van der Waals surface area contributed by atoms with Gasteiger partial charge in [-0.1, -0.05) is 63.6 Å². The second kappa shape index (κ2) is 10.6. The summed E-state index contributed by atoms with van der Waals surface area (Å²) in [4.78, 5) is 27.9. The van der Waals surface area contributed by atoms with Crippen LogP contribution in [0.25, 0.3) is 5.69 Å². The molecule has 1 N–H and O–H groups in total. The average Bonchev–Trinajstić information content (AvgIpc) is 3.16. The van der Waals surface area contributed by atoms with Crippen LogP contribution in [0.2, 0.25) is 5.02 Å². The first kappa shape index (κ1) is 26.2. The summed E-state index contributed by atoms with van der Waals surface area (Å²) >= 11 is 8.01. The molecule has 2 heterocycles. The molecule has 36 heavy (non-hydrogen) atoms. The fourth-order valence-corrected chi connectivity index (χ4v) is 5.67. The van der Waals surface area contributed by atoms with Crippen molar-refractivity contribution in [3.8, 4) is 5.69 Å². The van der Waals surface area contributed by atoms with Crippen LogP contribution in [-0.4, -0.2) is 40.4 Å². The summed E-state index contributed by atoms with van der Waals surface area (Å²) in [5.41, 5.74) is 2.46. The molecule has 0 saturated carbocycles. The maximum atomic E-state index is 14.3. The predicted molar refractivity (Wildman–Crippen MR) is 144 cm³/mol. The predicted octanol–water partition coefficient (Wildman–Crippen LogP) is 5.66. The second-order valence-electron chi connectivity index (χ2n) is 9.77. The van der Waals surface area contributed by atoms with E-state index < -0.39 is 5.41 Å². The topological polar surface area (TPSA) is 67.2 Å². The minimum absolute atomic E-state index is 0.128. The van der Waals surface area contributed by atoms with Gasteiger partial charge in [0.25, 0.3) is 0 Å². The summed E-state index contributed by atoms with van der Waals surface area (Å²) in [7, 11) is 0. The first-order valence-electron chi connectivity index (χ1n) is 11.9. The summed E-state index contributed by atoms with van der Waals surface area (Å²) in [6, 6.07) is 13.7. The Morgan fingerprint density at radius 1 is 1.22 bits per heavy atom. The number of amides is 2. The van der Waals surface area contributed by atoms with E-state index in [4.69, 9.17) is 16.7 Å². The van der Waals surface area contributed by atoms with E-state index in [2.05, 4.69) is 5.32 Å². The fourth-order valence-electron chi connectivity index (χ4n) is 4.26. The van der Waals surface area contributed by atoms with Gasteiger partial charge in [0.15, 0.2) is 0 Å². The summed E-state index contributed by atoms with van der Waals surface area (Å²) in [6.45, 7) is 8.48. The number of hydrogen-bond acceptors (Lipinski definition) is 4. The van der Waals surface area contributed by atoms with Gasteiger partial charge in [-0.15, -0.1) is 11.8 Å². The van der Waals surface area contributed by atoms with Gasteiger partial charge in [-0.05, 0) is 36.2 Å². The molecule has 0 spiro atoms. The zero-order chi connectivity index (χ0) is 26.0. The van der Waals surface area contributed by atoms with Crippen molar-refractivity contribution in [1.82, 2.24) is 15.1 Å². The van der Waals surface area contributed by atoms with Gasteiger partial charge in [0.2, 0.25) is 11.8 Å². The molecule has 0 unspecified atom stereocenters. The van der Waals surface area contributed by atoms with Crippen molar-refractivity contribution in [2.24, 2.45) is 0 Å². The Balaban J connectivity index is 2.02. The summed E-state index contributed by atoms with van der Waals surface area (Å²) in [6.07, 6.45) is 0.786. The quantitative estimate of drug-likeness (QED) is 0.448. The Morgan fingerprint density at radius 2 is 1.97 bits per heavy atom. The molecule has 1 aliphatic heterocycles. The number of nitrogens with one attached hydrogen (secondary N) is 1. The van der Waals surface area contributed by atoms with E-state index in [9.17, 15) is 14.0 Å². The standard InChI is InChI=1S/C27H30ClFN4O2S/c1-5-13-30-21(34)15-32-22(35)16-36-24(17-9-8-10-18(29)14-17)23-25(27(2,3)4)31-33(26(23)32)20-12-7-6-11-19(20)28/h6-12,14,24H,5,13,15-16H2,1-4H3,(H,30,34)/t24-/m0/s1. The molecular formula is C27H30ClFN4O2S. The van der Waals surface area contributed by atoms with Crippen LogP contribution in [0.15, 0.2) is 48.5 Å². The van der Waals surface area contributed by atoms with Crippen LogP contribution in [0.4, 0.5) is 10.2 Å². The van der Waals surface area contributed by atoms with E-state index in [1.54, 1.807) is 16.8 Å². The summed E-state index contributed by atoms with van der Waals surface area (Å²) in [5, 5.41) is 7.95. The zero-order valence-corrected chi connectivity index (χ0v) is 22.4. The van der Waals surface area contributed by atoms with Crippen LogP contribution in [0, 0.1) is 5.82 Å². The van der Waals surface area contributed by atoms with Crippen molar-refractivity contribution in [1.29, 1.82) is 0 Å². The zero-order valence-electron chi connectivity index (χ0n) is 20.8. The van der Waals surface area contributed by atoms with Crippen molar-refractivity contribution >= 4 is 41.0 Å². The molecule has 1 atom stereocenters. The van der Waals surface area contributed by atoms with Crippen LogP contribution in [0.5, 0.6) is 0 Å². The third-order valence-electron chi connectivity index (χ3n) is 5.91. The number of halogens is 2. The number of anilines is 1. The molecule has 1 aromatic heterocycles. The minimum atomic E-state index is -0.410. The molecule has 4 rings (SSSR count). The number of rotatable bonds is 6. The third-order valence-corrected chi connectivity index (χ3v) is 7.48. The Bertz CT molecular complexity index is 1290. The number of para-hydroxylation sites is 1. The Morgan fingerprint density at radius 3 is 2.64 bits per heavy atom. The van der Waals surface area contributed by atoms with Gasteiger partial charge in [0, 0.05) is 17.5 Å². The molecule has 6 nitrogen and oxygen atoms in total. The molecule has 0 fully saturated rings. The number of benzene rings is 2. The van der Waals surface area contributed by atoms with Gasteiger partial charge < -0.3 is 5.32 Å². The monoisotopic (exact) mass is 528 g/mol. The van der Waals surface area contributed by atoms with E-state index in [1.165, 1.54) is 28.8 Å². The smallest absolute Gasteiger partial charge is 0.240 e. The molecule has 0 saturated heterocycles. The molecular weight excluding hydrogens is 499 g/mol. The van der Waals surface area contributed by atoms with Crippen molar-refractivity contribution in [2.45, 2.75) is 44.8 Å². The minimum Gasteiger partial charge on any atom is -0.355 e. The van der Waals surface area contributed by atoms with E-state index in [0.29, 0.717) is 23.1 Å². The number of nitrogens with zero attached hydrogens (tertiary/aromatic N) is 3.